The number of allylic oxidation sites excluding steroid dienone is 36. The predicted octanol–water partition coefficient (Wildman–Crippen LogP) is 22.8. The van der Waals surface area contributed by atoms with Crippen LogP contribution in [0.4, 0.5) is 0 Å². The molecule has 0 aliphatic heterocycles. The maximum Gasteiger partial charge on any atom is 0.472 e. The Balaban J connectivity index is 4.23. The summed E-state index contributed by atoms with van der Waals surface area (Å²) in [4.78, 5) is 35.8. The third-order valence-electron chi connectivity index (χ3n) is 13.5. The summed E-state index contributed by atoms with van der Waals surface area (Å²) in [5, 5.41) is 0. The fourth-order valence-corrected chi connectivity index (χ4v) is 9.03. The lowest BCUT2D eigenvalue weighted by atomic mass is 10.1. The van der Waals surface area contributed by atoms with Gasteiger partial charge in [-0.1, -0.05) is 271 Å². The molecule has 0 aromatic heterocycles. The third-order valence-corrected chi connectivity index (χ3v) is 14.5. The Morgan fingerprint density at radius 1 is 0.344 bits per heavy atom. The summed E-state index contributed by atoms with van der Waals surface area (Å²) in [5.41, 5.74) is 0. The average Bonchev–Trinajstić information content (AvgIpc) is 3.62. The molecule has 0 radical (unpaired) electrons. The molecule has 0 bridgehead atoms. The molecule has 502 valence electrons. The Morgan fingerprint density at radius 2 is 0.600 bits per heavy atom. The van der Waals surface area contributed by atoms with Gasteiger partial charge in [0, 0.05) is 12.8 Å². The first-order valence-corrected chi connectivity index (χ1v) is 36.0. The Bertz CT molecular complexity index is 2320. The Kier molecular flexibility index (Phi) is 63.4. The smallest absolute Gasteiger partial charge is 0.462 e. The van der Waals surface area contributed by atoms with Crippen molar-refractivity contribution in [3.05, 3.63) is 219 Å². The molecule has 10 heteroatoms. The SMILES string of the molecule is CC/C=C\C/C=C\C/C=C\C/C=C\C/C=C\C/C=C\C/C=C\C/C=C\C/C=C\C/C=C\C/C=C\CCCCCCCCCC(=O)OC(COC(=O)CCCCC/C=C\C/C=C\C/C=C\C/C=C\C/C=C\C/C=C\C/C=C\CC)COP(=O)(O)OCC[N+](C)(C)C. The molecular weight excluding hydrogens is 1130 g/mol. The highest BCUT2D eigenvalue weighted by atomic mass is 31.2. The van der Waals surface area contributed by atoms with Gasteiger partial charge in [0.2, 0.25) is 0 Å². The van der Waals surface area contributed by atoms with E-state index in [9.17, 15) is 19.0 Å². The van der Waals surface area contributed by atoms with Crippen molar-refractivity contribution in [3.63, 3.8) is 0 Å². The van der Waals surface area contributed by atoms with Gasteiger partial charge in [0.15, 0.2) is 6.10 Å². The summed E-state index contributed by atoms with van der Waals surface area (Å²) in [6, 6.07) is 0. The second-order valence-electron chi connectivity index (χ2n) is 23.1. The number of likely N-dealkylation sites (N-methyl/N-ethyl adjacent to an activating group) is 1. The van der Waals surface area contributed by atoms with Crippen LogP contribution in [-0.4, -0.2) is 74.9 Å². The highest BCUT2D eigenvalue weighted by molar-refractivity contribution is 7.47. The third kappa shape index (κ3) is 71.4. The van der Waals surface area contributed by atoms with Gasteiger partial charge in [0.05, 0.1) is 27.7 Å². The maximum absolute atomic E-state index is 12.9. The Morgan fingerprint density at radius 3 is 0.900 bits per heavy atom. The van der Waals surface area contributed by atoms with Gasteiger partial charge in [-0.2, -0.15) is 0 Å². The van der Waals surface area contributed by atoms with Crippen LogP contribution in [0.25, 0.3) is 0 Å². The van der Waals surface area contributed by atoms with Crippen molar-refractivity contribution in [1.82, 2.24) is 0 Å². The van der Waals surface area contributed by atoms with Crippen molar-refractivity contribution >= 4 is 19.8 Å². The topological polar surface area (TPSA) is 108 Å². The lowest BCUT2D eigenvalue weighted by Gasteiger charge is -2.24. The van der Waals surface area contributed by atoms with E-state index in [-0.39, 0.29) is 26.1 Å². The number of carbonyl (C=O) groups is 2. The largest absolute Gasteiger partial charge is 0.472 e. The van der Waals surface area contributed by atoms with Gasteiger partial charge in [-0.05, 0) is 154 Å². The zero-order valence-corrected chi connectivity index (χ0v) is 57.9. The van der Waals surface area contributed by atoms with E-state index in [2.05, 4.69) is 233 Å². The van der Waals surface area contributed by atoms with Gasteiger partial charge in [0.25, 0.3) is 0 Å². The van der Waals surface area contributed by atoms with Crippen LogP contribution in [0, 0.1) is 0 Å². The summed E-state index contributed by atoms with van der Waals surface area (Å²) >= 11 is 0. The summed E-state index contributed by atoms with van der Waals surface area (Å²) in [6.07, 6.45) is 109. The number of quaternary nitrogens is 1. The number of phosphoric ester groups is 1. The molecule has 2 unspecified atom stereocenters. The quantitative estimate of drug-likeness (QED) is 0.0211. The molecule has 0 fully saturated rings. The zero-order chi connectivity index (χ0) is 65.5. The van der Waals surface area contributed by atoms with Crippen LogP contribution in [0.15, 0.2) is 219 Å². The van der Waals surface area contributed by atoms with E-state index in [1.54, 1.807) is 0 Å². The molecule has 0 aliphatic rings. The molecule has 1 N–H and O–H groups in total. The van der Waals surface area contributed by atoms with E-state index < -0.39 is 32.5 Å². The first kappa shape index (κ1) is 84.3. The maximum atomic E-state index is 12.9. The predicted molar refractivity (Wildman–Crippen MR) is 389 cm³/mol. The average molecular weight is 1260 g/mol. The fraction of sp³-hybridized carbons (Fsp3) is 0.525. The second-order valence-corrected chi connectivity index (χ2v) is 24.5. The standard InChI is InChI=1S/C80H124NO8P/c1-6-8-10-12-14-16-18-20-22-24-26-28-30-32-33-34-35-36-37-38-39-40-41-42-43-44-45-46-47-49-51-53-55-57-59-61-63-65-67-69-71-73-80(83)89-78(77-88-90(84,85)87-75-74-81(3,4)5)76-86-79(82)72-70-68-66-64-62-60-58-56-54-52-50-48-31-29-27-25-23-21-19-17-15-13-11-9-7-2/h8-11,14-17,20-23,26-29,32-33,35-36,38-39,41-42,44-45,47-50,53-56,60,62,78H,6-7,12-13,18-19,24-25,30-31,34,37,40,43,46,51-52,57-59,61,63-77H2,1-5H3/p+1/b10-8-,11-9-,16-14-,17-15-,22-20-,23-21-,28-26-,29-27-,33-32-,36-35-,39-38-,42-41-,45-44-,49-47-,50-48-,55-53-,56-54-,62-60-. The van der Waals surface area contributed by atoms with Crippen molar-refractivity contribution in [3.8, 4) is 0 Å². The second kappa shape index (κ2) is 67.7. The van der Waals surface area contributed by atoms with Gasteiger partial charge >= 0.3 is 19.8 Å². The number of unbranched alkanes of at least 4 members (excludes halogenated alkanes) is 10. The molecule has 2 atom stereocenters. The monoisotopic (exact) mass is 1260 g/mol. The number of hydrogen-bond acceptors (Lipinski definition) is 7. The number of nitrogens with zero attached hydrogens (tertiary/aromatic N) is 1. The summed E-state index contributed by atoms with van der Waals surface area (Å²) in [7, 11) is 1.41. The van der Waals surface area contributed by atoms with Crippen molar-refractivity contribution < 1.29 is 42.1 Å². The van der Waals surface area contributed by atoms with Gasteiger partial charge in [0.1, 0.15) is 19.8 Å². The van der Waals surface area contributed by atoms with Gasteiger partial charge in [-0.15, -0.1) is 0 Å². The normalized spacial score (nSPS) is 14.5. The fourth-order valence-electron chi connectivity index (χ4n) is 8.29. The van der Waals surface area contributed by atoms with Gasteiger partial charge in [-0.25, -0.2) is 4.57 Å². The number of rotatable bonds is 60. The van der Waals surface area contributed by atoms with E-state index in [0.717, 1.165) is 167 Å². The number of hydrogen-bond donors (Lipinski definition) is 1. The molecule has 0 aromatic carbocycles. The van der Waals surface area contributed by atoms with E-state index in [4.69, 9.17) is 18.5 Å². The molecule has 0 heterocycles. The minimum absolute atomic E-state index is 0.0107. The van der Waals surface area contributed by atoms with Crippen molar-refractivity contribution in [2.75, 3.05) is 47.5 Å². The first-order chi connectivity index (χ1) is 44.0. The molecular formula is C80H125NO8P+. The molecule has 0 aliphatic carbocycles. The van der Waals surface area contributed by atoms with Crippen molar-refractivity contribution in [1.29, 1.82) is 0 Å². The molecule has 0 saturated heterocycles. The van der Waals surface area contributed by atoms with Crippen LogP contribution >= 0.6 is 7.82 Å². The van der Waals surface area contributed by atoms with Crippen molar-refractivity contribution in [2.45, 2.75) is 225 Å². The number of ether oxygens (including phenoxy) is 2. The van der Waals surface area contributed by atoms with Crippen LogP contribution in [0.5, 0.6) is 0 Å². The molecule has 0 aromatic rings. The molecule has 0 saturated carbocycles. The van der Waals surface area contributed by atoms with Crippen molar-refractivity contribution in [2.24, 2.45) is 0 Å². The number of esters is 2. The Labute approximate surface area is 550 Å². The van der Waals surface area contributed by atoms with Crippen LogP contribution in [0.3, 0.4) is 0 Å². The molecule has 90 heavy (non-hydrogen) atoms. The molecule has 0 rings (SSSR count). The van der Waals surface area contributed by atoms with E-state index in [1.165, 1.54) is 12.8 Å². The molecule has 9 nitrogen and oxygen atoms in total. The highest BCUT2D eigenvalue weighted by Crippen LogP contribution is 2.43. The first-order valence-electron chi connectivity index (χ1n) is 34.5. The minimum Gasteiger partial charge on any atom is -0.462 e. The van der Waals surface area contributed by atoms with Crippen LogP contribution < -0.4 is 0 Å². The minimum atomic E-state index is -4.42. The zero-order valence-electron chi connectivity index (χ0n) is 57.0. The van der Waals surface area contributed by atoms with Crippen LogP contribution in [0.2, 0.25) is 0 Å². The van der Waals surface area contributed by atoms with E-state index in [1.807, 2.05) is 21.1 Å². The number of carbonyl (C=O) groups excluding carboxylic acids is 2. The molecule has 0 spiro atoms. The lowest BCUT2D eigenvalue weighted by molar-refractivity contribution is -0.870. The summed E-state index contributed by atoms with van der Waals surface area (Å²) in [6.45, 7) is 4.12. The van der Waals surface area contributed by atoms with Crippen LogP contribution in [0.1, 0.15) is 219 Å². The Hall–Kier alpha value is -5.67. The van der Waals surface area contributed by atoms with Gasteiger partial charge < -0.3 is 18.9 Å². The highest BCUT2D eigenvalue weighted by Gasteiger charge is 2.27. The van der Waals surface area contributed by atoms with E-state index in [0.29, 0.717) is 23.9 Å². The van der Waals surface area contributed by atoms with E-state index >= 15 is 0 Å². The van der Waals surface area contributed by atoms with Gasteiger partial charge in [-0.3, -0.25) is 18.6 Å². The number of phosphoric acid groups is 1. The lowest BCUT2D eigenvalue weighted by Crippen LogP contribution is -2.37. The summed E-state index contributed by atoms with van der Waals surface area (Å²) < 4.78 is 34.6. The van der Waals surface area contributed by atoms with Crippen LogP contribution in [-0.2, 0) is 32.7 Å². The summed E-state index contributed by atoms with van der Waals surface area (Å²) in [5.74, 6) is -0.868. The molecule has 0 amide bonds.